The first-order valence-electron chi connectivity index (χ1n) is 7.06. The zero-order valence-electron chi connectivity index (χ0n) is 11.6. The second-order valence-electron chi connectivity index (χ2n) is 5.15. The Hall–Kier alpha value is -1.62. The van der Waals surface area contributed by atoms with Crippen molar-refractivity contribution in [1.29, 1.82) is 0 Å². The van der Waals surface area contributed by atoms with Crippen molar-refractivity contribution in [1.82, 2.24) is 24.6 Å². The predicted octanol–water partition coefficient (Wildman–Crippen LogP) is 1.55. The molecule has 102 valence electrons. The van der Waals surface area contributed by atoms with Crippen LogP contribution in [0.4, 0.5) is 0 Å². The summed E-state index contributed by atoms with van der Waals surface area (Å²) >= 11 is 0. The topological polar surface area (TPSA) is 47.7 Å². The van der Waals surface area contributed by atoms with Crippen LogP contribution in [0.2, 0.25) is 0 Å². The highest BCUT2D eigenvalue weighted by atomic mass is 15.3. The molecule has 5 heteroatoms. The molecule has 0 bridgehead atoms. The van der Waals surface area contributed by atoms with Crippen LogP contribution in [-0.4, -0.2) is 25.9 Å². The van der Waals surface area contributed by atoms with Crippen LogP contribution in [0.1, 0.15) is 37.1 Å². The Morgan fingerprint density at radius 2 is 2.37 bits per heavy atom. The van der Waals surface area contributed by atoms with Gasteiger partial charge in [0.25, 0.3) is 0 Å². The van der Waals surface area contributed by atoms with Crippen molar-refractivity contribution >= 4 is 0 Å². The van der Waals surface area contributed by atoms with E-state index < -0.39 is 0 Å². The van der Waals surface area contributed by atoms with E-state index in [1.165, 1.54) is 17.2 Å². The summed E-state index contributed by atoms with van der Waals surface area (Å²) in [4.78, 5) is 4.79. The number of aryl methyl sites for hydroxylation is 1. The quantitative estimate of drug-likeness (QED) is 0.906. The van der Waals surface area contributed by atoms with Gasteiger partial charge in [0.15, 0.2) is 0 Å². The van der Waals surface area contributed by atoms with Gasteiger partial charge in [-0.05, 0) is 13.0 Å². The molecule has 0 radical (unpaired) electrons. The molecule has 2 aromatic heterocycles. The summed E-state index contributed by atoms with van der Waals surface area (Å²) in [5, 5.41) is 7.70. The lowest BCUT2D eigenvalue weighted by atomic mass is 10.1. The van der Waals surface area contributed by atoms with E-state index in [2.05, 4.69) is 28.8 Å². The molecule has 19 heavy (non-hydrogen) atoms. The van der Waals surface area contributed by atoms with Crippen LogP contribution in [0.15, 0.2) is 18.5 Å². The molecular weight excluding hydrogens is 238 g/mol. The fraction of sp³-hybridized carbons (Fsp3) is 0.571. The number of nitrogens with one attached hydrogen (secondary N) is 1. The zero-order valence-corrected chi connectivity index (χ0v) is 11.6. The fourth-order valence-electron chi connectivity index (χ4n) is 2.92. The molecule has 0 amide bonds. The Bertz CT molecular complexity index is 540. The van der Waals surface area contributed by atoms with Gasteiger partial charge in [-0.1, -0.05) is 6.92 Å². The highest BCUT2D eigenvalue weighted by molar-refractivity contribution is 5.21. The summed E-state index contributed by atoms with van der Waals surface area (Å²) in [5.74, 6) is 1.20. The SMILES string of the molecule is CCc1nc2c(n1C(C)Cn1cccn1)CCNC2. The van der Waals surface area contributed by atoms with Crippen LogP contribution < -0.4 is 5.32 Å². The number of hydrogen-bond donors (Lipinski definition) is 1. The molecule has 1 aliphatic heterocycles. The molecule has 3 heterocycles. The van der Waals surface area contributed by atoms with Crippen molar-refractivity contribution in [3.05, 3.63) is 35.7 Å². The molecule has 0 fully saturated rings. The summed E-state index contributed by atoms with van der Waals surface area (Å²) < 4.78 is 4.43. The highest BCUT2D eigenvalue weighted by Crippen LogP contribution is 2.22. The first kappa shape index (κ1) is 12.4. The lowest BCUT2D eigenvalue weighted by molar-refractivity contribution is 0.413. The van der Waals surface area contributed by atoms with E-state index in [-0.39, 0.29) is 0 Å². The molecule has 5 nitrogen and oxygen atoms in total. The third-order valence-corrected chi connectivity index (χ3v) is 3.76. The molecule has 0 saturated heterocycles. The minimum absolute atomic E-state index is 0.393. The van der Waals surface area contributed by atoms with Crippen LogP contribution in [0.5, 0.6) is 0 Å². The molecule has 1 N–H and O–H groups in total. The molecule has 0 spiro atoms. The summed E-state index contributed by atoms with van der Waals surface area (Å²) in [6.45, 7) is 7.29. The molecular formula is C14H21N5. The third kappa shape index (κ3) is 2.30. The van der Waals surface area contributed by atoms with Gasteiger partial charge in [0.05, 0.1) is 18.3 Å². The van der Waals surface area contributed by atoms with Crippen LogP contribution in [0.3, 0.4) is 0 Å². The van der Waals surface area contributed by atoms with Crippen molar-refractivity contribution in [2.45, 2.75) is 45.8 Å². The van der Waals surface area contributed by atoms with E-state index >= 15 is 0 Å². The Labute approximate surface area is 113 Å². The predicted molar refractivity (Wildman–Crippen MR) is 74.0 cm³/mol. The molecule has 3 rings (SSSR count). The Kier molecular flexibility index (Phi) is 3.38. The lowest BCUT2D eigenvalue weighted by Gasteiger charge is -2.21. The summed E-state index contributed by atoms with van der Waals surface area (Å²) in [6.07, 6.45) is 5.91. The van der Waals surface area contributed by atoms with E-state index in [0.29, 0.717) is 6.04 Å². The number of fused-ring (bicyclic) bond motifs is 1. The molecule has 1 unspecified atom stereocenters. The van der Waals surface area contributed by atoms with Crippen LogP contribution in [0, 0.1) is 0 Å². The van der Waals surface area contributed by atoms with Crippen molar-refractivity contribution in [3.63, 3.8) is 0 Å². The average Bonchev–Trinajstić information content (AvgIpc) is 3.04. The highest BCUT2D eigenvalue weighted by Gasteiger charge is 2.22. The monoisotopic (exact) mass is 259 g/mol. The summed E-state index contributed by atoms with van der Waals surface area (Å²) in [6, 6.07) is 2.37. The number of imidazole rings is 1. The largest absolute Gasteiger partial charge is 0.327 e. The molecule has 1 aliphatic rings. The first-order chi connectivity index (χ1) is 9.29. The summed E-state index contributed by atoms with van der Waals surface area (Å²) in [7, 11) is 0. The second-order valence-corrected chi connectivity index (χ2v) is 5.15. The van der Waals surface area contributed by atoms with Gasteiger partial charge in [-0.2, -0.15) is 5.10 Å². The number of rotatable bonds is 4. The van der Waals surface area contributed by atoms with Crippen LogP contribution in [0.25, 0.3) is 0 Å². The zero-order chi connectivity index (χ0) is 13.2. The Morgan fingerprint density at radius 1 is 1.47 bits per heavy atom. The second kappa shape index (κ2) is 5.17. The standard InChI is InChI=1S/C14H21N5/c1-3-14-17-12-9-15-7-5-13(12)19(14)11(2)10-18-8-4-6-16-18/h4,6,8,11,15H,3,5,7,9-10H2,1-2H3. The van der Waals surface area contributed by atoms with Gasteiger partial charge in [-0.3, -0.25) is 4.68 Å². The van der Waals surface area contributed by atoms with Gasteiger partial charge in [0.1, 0.15) is 5.82 Å². The molecule has 0 aliphatic carbocycles. The van der Waals surface area contributed by atoms with Gasteiger partial charge in [0, 0.05) is 44.0 Å². The molecule has 2 aromatic rings. The average molecular weight is 259 g/mol. The van der Waals surface area contributed by atoms with Gasteiger partial charge < -0.3 is 9.88 Å². The smallest absolute Gasteiger partial charge is 0.109 e. The van der Waals surface area contributed by atoms with Crippen LogP contribution >= 0.6 is 0 Å². The van der Waals surface area contributed by atoms with Crippen LogP contribution in [-0.2, 0) is 25.9 Å². The minimum Gasteiger partial charge on any atom is -0.327 e. The van der Waals surface area contributed by atoms with E-state index in [1.54, 1.807) is 0 Å². The number of hydrogen-bond acceptors (Lipinski definition) is 3. The van der Waals surface area contributed by atoms with Crippen molar-refractivity contribution < 1.29 is 0 Å². The van der Waals surface area contributed by atoms with Crippen molar-refractivity contribution in [2.24, 2.45) is 0 Å². The number of nitrogens with zero attached hydrogens (tertiary/aromatic N) is 4. The van der Waals surface area contributed by atoms with Gasteiger partial charge >= 0.3 is 0 Å². The third-order valence-electron chi connectivity index (χ3n) is 3.76. The maximum atomic E-state index is 4.79. The molecule has 0 aromatic carbocycles. The number of aromatic nitrogens is 4. The van der Waals surface area contributed by atoms with E-state index in [4.69, 9.17) is 4.98 Å². The van der Waals surface area contributed by atoms with E-state index in [1.807, 2.05) is 23.1 Å². The Balaban J connectivity index is 1.91. The van der Waals surface area contributed by atoms with Crippen molar-refractivity contribution in [2.75, 3.05) is 6.54 Å². The molecule has 0 saturated carbocycles. The van der Waals surface area contributed by atoms with Gasteiger partial charge in [0.2, 0.25) is 0 Å². The minimum atomic E-state index is 0.393. The van der Waals surface area contributed by atoms with Gasteiger partial charge in [-0.15, -0.1) is 0 Å². The summed E-state index contributed by atoms with van der Waals surface area (Å²) in [5.41, 5.74) is 2.64. The molecule has 1 atom stereocenters. The normalized spacial score (nSPS) is 16.3. The van der Waals surface area contributed by atoms with Gasteiger partial charge in [-0.25, -0.2) is 4.98 Å². The maximum Gasteiger partial charge on any atom is 0.109 e. The lowest BCUT2D eigenvalue weighted by Crippen LogP contribution is -2.26. The van der Waals surface area contributed by atoms with E-state index in [9.17, 15) is 0 Å². The Morgan fingerprint density at radius 3 is 3.11 bits per heavy atom. The van der Waals surface area contributed by atoms with Crippen molar-refractivity contribution in [3.8, 4) is 0 Å². The maximum absolute atomic E-state index is 4.79. The van der Waals surface area contributed by atoms with E-state index in [0.717, 1.165) is 32.5 Å². The fourth-order valence-corrected chi connectivity index (χ4v) is 2.92. The first-order valence-corrected chi connectivity index (χ1v) is 7.06.